The Morgan fingerprint density at radius 2 is 2.21 bits per heavy atom. The Morgan fingerprint density at radius 3 is 2.88 bits per heavy atom. The molecule has 24 heavy (non-hydrogen) atoms. The molecule has 0 spiro atoms. The van der Waals surface area contributed by atoms with Crippen LogP contribution in [0, 0.1) is 5.92 Å². The van der Waals surface area contributed by atoms with Crippen molar-refractivity contribution in [2.45, 2.75) is 25.9 Å². The lowest BCUT2D eigenvalue weighted by molar-refractivity contribution is 0.115. The van der Waals surface area contributed by atoms with Crippen LogP contribution < -0.4 is 5.32 Å². The molecular weight excluding hydrogens is 326 g/mol. The van der Waals surface area contributed by atoms with E-state index in [9.17, 15) is 5.11 Å². The van der Waals surface area contributed by atoms with Gasteiger partial charge in [0.1, 0.15) is 6.10 Å². The minimum absolute atomic E-state index is 0.263. The van der Waals surface area contributed by atoms with Crippen LogP contribution in [0.5, 0.6) is 0 Å². The summed E-state index contributed by atoms with van der Waals surface area (Å²) in [6, 6.07) is 7.31. The van der Waals surface area contributed by atoms with Gasteiger partial charge in [-0.05, 0) is 31.7 Å². The number of aliphatic imine (C=N–C) groups is 1. The normalized spacial score (nSPS) is 16.1. The van der Waals surface area contributed by atoms with Crippen LogP contribution in [0.1, 0.15) is 31.4 Å². The molecule has 0 bridgehead atoms. The first-order valence-corrected chi connectivity index (χ1v) is 8.99. The summed E-state index contributed by atoms with van der Waals surface area (Å²) in [5.74, 6) is 1.54. The molecule has 1 fully saturated rings. The van der Waals surface area contributed by atoms with Gasteiger partial charge in [0, 0.05) is 37.3 Å². The molecule has 1 aromatic rings. The predicted molar refractivity (Wildman–Crippen MR) is 98.6 cm³/mol. The van der Waals surface area contributed by atoms with E-state index in [4.69, 9.17) is 16.3 Å². The summed E-state index contributed by atoms with van der Waals surface area (Å²) in [5.41, 5.74) is 0.703. The molecule has 2 N–H and O–H groups in total. The summed E-state index contributed by atoms with van der Waals surface area (Å²) in [4.78, 5) is 6.55. The molecule has 0 aliphatic heterocycles. The van der Waals surface area contributed by atoms with E-state index < -0.39 is 6.10 Å². The molecule has 1 saturated carbocycles. The second-order valence-electron chi connectivity index (χ2n) is 6.17. The number of halogens is 1. The minimum atomic E-state index is -0.716. The van der Waals surface area contributed by atoms with Crippen molar-refractivity contribution >= 4 is 17.6 Å². The fourth-order valence-electron chi connectivity index (χ4n) is 2.33. The first kappa shape index (κ1) is 19.0. The van der Waals surface area contributed by atoms with E-state index in [2.05, 4.69) is 10.3 Å². The lowest BCUT2D eigenvalue weighted by Gasteiger charge is -2.22. The smallest absolute Gasteiger partial charge is 0.193 e. The molecule has 6 heteroatoms. The highest BCUT2D eigenvalue weighted by atomic mass is 35.5. The molecule has 0 heterocycles. The molecule has 0 aromatic heterocycles. The number of guanidine groups is 1. The van der Waals surface area contributed by atoms with E-state index in [1.54, 1.807) is 6.07 Å². The Kier molecular flexibility index (Phi) is 7.82. The summed E-state index contributed by atoms with van der Waals surface area (Å²) in [7, 11) is 1.98. The van der Waals surface area contributed by atoms with Gasteiger partial charge < -0.3 is 20.1 Å². The number of benzene rings is 1. The highest BCUT2D eigenvalue weighted by Crippen LogP contribution is 2.28. The molecule has 0 saturated heterocycles. The summed E-state index contributed by atoms with van der Waals surface area (Å²) >= 11 is 6.12. The van der Waals surface area contributed by atoms with Crippen molar-refractivity contribution in [3.8, 4) is 0 Å². The number of hydrogen-bond donors (Lipinski definition) is 2. The van der Waals surface area contributed by atoms with Gasteiger partial charge in [0.25, 0.3) is 0 Å². The number of aliphatic hydroxyl groups excluding tert-OH is 1. The van der Waals surface area contributed by atoms with Gasteiger partial charge in [-0.25, -0.2) is 0 Å². The van der Waals surface area contributed by atoms with Gasteiger partial charge >= 0.3 is 0 Å². The lowest BCUT2D eigenvalue weighted by atomic mass is 10.1. The zero-order chi connectivity index (χ0) is 17.4. The average Bonchev–Trinajstić information content (AvgIpc) is 3.39. The first-order valence-electron chi connectivity index (χ1n) is 8.61. The van der Waals surface area contributed by atoms with Crippen molar-refractivity contribution in [2.75, 3.05) is 39.9 Å². The molecule has 1 atom stereocenters. The number of nitrogens with zero attached hydrogens (tertiary/aromatic N) is 2. The van der Waals surface area contributed by atoms with Crippen LogP contribution in [-0.4, -0.2) is 55.9 Å². The second-order valence-corrected chi connectivity index (χ2v) is 6.58. The lowest BCUT2D eigenvalue weighted by Crippen LogP contribution is -2.40. The van der Waals surface area contributed by atoms with Crippen LogP contribution in [0.4, 0.5) is 0 Å². The third-order valence-electron chi connectivity index (χ3n) is 4.00. The Hall–Kier alpha value is -1.30. The highest BCUT2D eigenvalue weighted by molar-refractivity contribution is 6.31. The molecule has 1 unspecified atom stereocenters. The summed E-state index contributed by atoms with van der Waals surface area (Å²) in [6.45, 7) is 5.38. The topological polar surface area (TPSA) is 57.1 Å². The molecular formula is C18H28ClN3O2. The summed E-state index contributed by atoms with van der Waals surface area (Å²) < 4.78 is 5.68. The van der Waals surface area contributed by atoms with Crippen molar-refractivity contribution in [1.82, 2.24) is 10.2 Å². The third-order valence-corrected chi connectivity index (χ3v) is 4.34. The molecule has 0 radical (unpaired) electrons. The Balaban J connectivity index is 1.84. The van der Waals surface area contributed by atoms with Crippen LogP contribution in [0.15, 0.2) is 29.3 Å². The summed E-state index contributed by atoms with van der Waals surface area (Å²) in [5, 5.41) is 14.1. The van der Waals surface area contributed by atoms with E-state index in [1.807, 2.05) is 37.1 Å². The van der Waals surface area contributed by atoms with Crippen LogP contribution in [0.2, 0.25) is 5.02 Å². The fraction of sp³-hybridized carbons (Fsp3) is 0.611. The molecule has 1 aromatic carbocycles. The monoisotopic (exact) mass is 353 g/mol. The Morgan fingerprint density at radius 1 is 1.46 bits per heavy atom. The zero-order valence-electron chi connectivity index (χ0n) is 14.5. The van der Waals surface area contributed by atoms with Gasteiger partial charge in [0.2, 0.25) is 0 Å². The molecule has 1 aliphatic carbocycles. The first-order chi connectivity index (χ1) is 11.6. The van der Waals surface area contributed by atoms with Crippen molar-refractivity contribution < 1.29 is 9.84 Å². The molecule has 5 nitrogen and oxygen atoms in total. The van der Waals surface area contributed by atoms with E-state index in [1.165, 1.54) is 12.8 Å². The third kappa shape index (κ3) is 6.30. The largest absolute Gasteiger partial charge is 0.386 e. The zero-order valence-corrected chi connectivity index (χ0v) is 15.3. The van der Waals surface area contributed by atoms with E-state index >= 15 is 0 Å². The van der Waals surface area contributed by atoms with Crippen LogP contribution in [-0.2, 0) is 4.74 Å². The SMILES string of the molecule is CCNC(=NCC(O)c1ccccc1Cl)N(C)CCOCC1CC1. The van der Waals surface area contributed by atoms with Crippen molar-refractivity contribution in [2.24, 2.45) is 10.9 Å². The number of aliphatic hydroxyl groups is 1. The van der Waals surface area contributed by atoms with Crippen LogP contribution in [0.3, 0.4) is 0 Å². The maximum Gasteiger partial charge on any atom is 0.193 e. The van der Waals surface area contributed by atoms with Crippen molar-refractivity contribution in [3.05, 3.63) is 34.9 Å². The number of rotatable bonds is 9. The van der Waals surface area contributed by atoms with Crippen molar-refractivity contribution in [1.29, 1.82) is 0 Å². The van der Waals surface area contributed by atoms with Gasteiger partial charge in [-0.3, -0.25) is 4.99 Å². The van der Waals surface area contributed by atoms with Crippen LogP contribution >= 0.6 is 11.6 Å². The average molecular weight is 354 g/mol. The van der Waals surface area contributed by atoms with Gasteiger partial charge in [-0.15, -0.1) is 0 Å². The highest BCUT2D eigenvalue weighted by Gasteiger charge is 2.21. The number of nitrogens with one attached hydrogen (secondary N) is 1. The minimum Gasteiger partial charge on any atom is -0.386 e. The fourth-order valence-corrected chi connectivity index (χ4v) is 2.59. The van der Waals surface area contributed by atoms with Gasteiger partial charge in [-0.2, -0.15) is 0 Å². The number of hydrogen-bond acceptors (Lipinski definition) is 3. The molecule has 0 amide bonds. The predicted octanol–water partition coefficient (Wildman–Crippen LogP) is 2.70. The Bertz CT molecular complexity index is 535. The van der Waals surface area contributed by atoms with E-state index in [-0.39, 0.29) is 6.54 Å². The molecule has 1 aliphatic rings. The molecule has 2 rings (SSSR count). The maximum absolute atomic E-state index is 10.3. The maximum atomic E-state index is 10.3. The van der Waals surface area contributed by atoms with Crippen molar-refractivity contribution in [3.63, 3.8) is 0 Å². The number of ether oxygens (including phenoxy) is 1. The molecule has 134 valence electrons. The second kappa shape index (κ2) is 9.87. The van der Waals surface area contributed by atoms with E-state index in [0.717, 1.165) is 31.6 Å². The standard InChI is InChI=1S/C18H28ClN3O2/c1-3-20-18(22(2)10-11-24-13-14-8-9-14)21-12-17(23)15-6-4-5-7-16(15)19/h4-7,14,17,23H,3,8-13H2,1-2H3,(H,20,21). The Labute approximate surface area is 149 Å². The quantitative estimate of drug-likeness (QED) is 0.407. The van der Waals surface area contributed by atoms with Gasteiger partial charge in [0.05, 0.1) is 13.2 Å². The number of likely N-dealkylation sites (N-methyl/N-ethyl adjacent to an activating group) is 1. The van der Waals surface area contributed by atoms with Gasteiger partial charge in [-0.1, -0.05) is 29.8 Å². The van der Waals surface area contributed by atoms with Gasteiger partial charge in [0.15, 0.2) is 5.96 Å². The van der Waals surface area contributed by atoms with Crippen LogP contribution in [0.25, 0.3) is 0 Å². The van der Waals surface area contributed by atoms with E-state index in [0.29, 0.717) is 17.2 Å². The summed E-state index contributed by atoms with van der Waals surface area (Å²) in [6.07, 6.45) is 1.89.